The molecule has 0 radical (unpaired) electrons. The minimum atomic E-state index is -0.774. The first-order chi connectivity index (χ1) is 9.12. The van der Waals surface area contributed by atoms with Crippen LogP contribution in [0.3, 0.4) is 0 Å². The Morgan fingerprint density at radius 1 is 1.11 bits per heavy atom. The highest BCUT2D eigenvalue weighted by Crippen LogP contribution is 2.29. The molecule has 1 N–H and O–H groups in total. The van der Waals surface area contributed by atoms with Crippen LogP contribution in [0.25, 0.3) is 0 Å². The van der Waals surface area contributed by atoms with Crippen LogP contribution in [0.15, 0.2) is 18.2 Å². The molecular formula is C14H22O5. The Balaban J connectivity index is 2.71. The summed E-state index contributed by atoms with van der Waals surface area (Å²) in [6.07, 6.45) is -0.847. The molecule has 0 bridgehead atoms. The van der Waals surface area contributed by atoms with Crippen LogP contribution in [0.5, 0.6) is 11.5 Å². The molecule has 1 rings (SSSR count). The molecule has 0 aromatic heterocycles. The lowest BCUT2D eigenvalue weighted by molar-refractivity contribution is -0.0330. The monoisotopic (exact) mass is 270 g/mol. The van der Waals surface area contributed by atoms with Gasteiger partial charge in [-0.25, -0.2) is 0 Å². The van der Waals surface area contributed by atoms with E-state index in [1.54, 1.807) is 39.5 Å². The number of hydrogen-bond acceptors (Lipinski definition) is 5. The van der Waals surface area contributed by atoms with Gasteiger partial charge in [0.15, 0.2) is 0 Å². The summed E-state index contributed by atoms with van der Waals surface area (Å²) in [4.78, 5) is 0. The lowest BCUT2D eigenvalue weighted by atomic mass is 10.1. The van der Waals surface area contributed by atoms with E-state index in [2.05, 4.69) is 0 Å². The first-order valence-corrected chi connectivity index (χ1v) is 6.12. The first-order valence-electron chi connectivity index (χ1n) is 6.12. The highest BCUT2D eigenvalue weighted by Gasteiger charge is 2.16. The second kappa shape index (κ2) is 7.99. The van der Waals surface area contributed by atoms with E-state index in [9.17, 15) is 5.11 Å². The zero-order chi connectivity index (χ0) is 14.3. The highest BCUT2D eigenvalue weighted by atomic mass is 16.5. The van der Waals surface area contributed by atoms with Gasteiger partial charge in [0.2, 0.25) is 0 Å². The molecule has 0 saturated carbocycles. The van der Waals surface area contributed by atoms with Crippen LogP contribution in [0.1, 0.15) is 18.6 Å². The van der Waals surface area contributed by atoms with Crippen LogP contribution in [0, 0.1) is 0 Å². The summed E-state index contributed by atoms with van der Waals surface area (Å²) < 4.78 is 20.8. The van der Waals surface area contributed by atoms with Crippen molar-refractivity contribution in [2.75, 3.05) is 34.5 Å². The fourth-order valence-electron chi connectivity index (χ4n) is 1.73. The van der Waals surface area contributed by atoms with Crippen molar-refractivity contribution in [3.8, 4) is 11.5 Å². The molecule has 0 spiro atoms. The predicted octanol–water partition coefficient (Wildman–Crippen LogP) is 1.79. The van der Waals surface area contributed by atoms with Gasteiger partial charge in [0.05, 0.1) is 33.5 Å². The lowest BCUT2D eigenvalue weighted by Gasteiger charge is -2.18. The molecule has 5 nitrogen and oxygen atoms in total. The number of hydrogen-bond donors (Lipinski definition) is 1. The van der Waals surface area contributed by atoms with Crippen molar-refractivity contribution >= 4 is 0 Å². The Morgan fingerprint density at radius 3 is 2.42 bits per heavy atom. The smallest absolute Gasteiger partial charge is 0.125 e. The van der Waals surface area contributed by atoms with Crippen molar-refractivity contribution in [3.05, 3.63) is 23.8 Å². The molecule has 0 saturated heterocycles. The van der Waals surface area contributed by atoms with Crippen LogP contribution in [0.4, 0.5) is 0 Å². The molecule has 5 heteroatoms. The maximum atomic E-state index is 10.2. The molecule has 0 aliphatic heterocycles. The van der Waals surface area contributed by atoms with E-state index >= 15 is 0 Å². The van der Waals surface area contributed by atoms with Gasteiger partial charge in [-0.3, -0.25) is 0 Å². The van der Waals surface area contributed by atoms with E-state index in [1.165, 1.54) is 0 Å². The Bertz CT molecular complexity index is 380. The van der Waals surface area contributed by atoms with Crippen molar-refractivity contribution in [2.45, 2.75) is 19.1 Å². The summed E-state index contributed by atoms with van der Waals surface area (Å²) in [5, 5.41) is 10.2. The zero-order valence-corrected chi connectivity index (χ0v) is 11.9. The molecule has 1 aromatic carbocycles. The van der Waals surface area contributed by atoms with Gasteiger partial charge < -0.3 is 24.1 Å². The van der Waals surface area contributed by atoms with Crippen LogP contribution < -0.4 is 9.47 Å². The van der Waals surface area contributed by atoms with Crippen molar-refractivity contribution in [1.82, 2.24) is 0 Å². The third-order valence-corrected chi connectivity index (χ3v) is 2.74. The molecule has 108 valence electrons. The molecule has 19 heavy (non-hydrogen) atoms. The van der Waals surface area contributed by atoms with Gasteiger partial charge in [-0.2, -0.15) is 0 Å². The minimum absolute atomic E-state index is 0.0729. The average molecular weight is 270 g/mol. The Labute approximate surface area is 114 Å². The largest absolute Gasteiger partial charge is 0.497 e. The van der Waals surface area contributed by atoms with Gasteiger partial charge >= 0.3 is 0 Å². The quantitative estimate of drug-likeness (QED) is 0.780. The summed E-state index contributed by atoms with van der Waals surface area (Å²) in [6.45, 7) is 2.55. The van der Waals surface area contributed by atoms with Crippen molar-refractivity contribution < 1.29 is 24.1 Å². The lowest BCUT2D eigenvalue weighted by Crippen LogP contribution is -2.19. The normalized spacial score (nSPS) is 13.9. The summed E-state index contributed by atoms with van der Waals surface area (Å²) in [5.74, 6) is 1.27. The Hall–Kier alpha value is -1.30. The van der Waals surface area contributed by atoms with Gasteiger partial charge in [0.25, 0.3) is 0 Å². The van der Waals surface area contributed by atoms with Gasteiger partial charge in [0.1, 0.15) is 17.6 Å². The molecule has 0 aliphatic rings. The third-order valence-electron chi connectivity index (χ3n) is 2.74. The minimum Gasteiger partial charge on any atom is -0.497 e. The van der Waals surface area contributed by atoms with Gasteiger partial charge in [-0.1, -0.05) is 0 Å². The summed E-state index contributed by atoms with van der Waals surface area (Å²) in [7, 11) is 4.75. The van der Waals surface area contributed by atoms with E-state index in [-0.39, 0.29) is 12.7 Å². The van der Waals surface area contributed by atoms with Crippen molar-refractivity contribution in [2.24, 2.45) is 0 Å². The molecule has 0 fully saturated rings. The van der Waals surface area contributed by atoms with E-state index in [0.29, 0.717) is 23.7 Å². The average Bonchev–Trinajstić information content (AvgIpc) is 2.44. The second-order valence-corrected chi connectivity index (χ2v) is 4.22. The highest BCUT2D eigenvalue weighted by molar-refractivity contribution is 5.41. The van der Waals surface area contributed by atoms with E-state index in [4.69, 9.17) is 18.9 Å². The summed E-state index contributed by atoms with van der Waals surface area (Å²) in [6, 6.07) is 5.28. The molecule has 0 amide bonds. The number of benzene rings is 1. The third kappa shape index (κ3) is 4.70. The fraction of sp³-hybridized carbons (Fsp3) is 0.571. The van der Waals surface area contributed by atoms with Gasteiger partial charge in [-0.15, -0.1) is 0 Å². The zero-order valence-electron chi connectivity index (χ0n) is 11.9. The Kier molecular flexibility index (Phi) is 6.62. The van der Waals surface area contributed by atoms with E-state index in [1.807, 2.05) is 6.92 Å². The topological polar surface area (TPSA) is 57.2 Å². The van der Waals surface area contributed by atoms with E-state index in [0.717, 1.165) is 0 Å². The molecule has 2 atom stereocenters. The van der Waals surface area contributed by atoms with Crippen molar-refractivity contribution in [3.63, 3.8) is 0 Å². The summed E-state index contributed by atoms with van der Waals surface area (Å²) in [5.41, 5.74) is 0.645. The van der Waals surface area contributed by atoms with Gasteiger partial charge in [-0.05, 0) is 25.1 Å². The molecule has 1 aromatic rings. The SMILES string of the molecule is COCC(C)OCC(O)c1cc(OC)ccc1OC. The molecule has 2 unspecified atom stereocenters. The van der Waals surface area contributed by atoms with Crippen LogP contribution in [-0.2, 0) is 9.47 Å². The van der Waals surface area contributed by atoms with Gasteiger partial charge in [0, 0.05) is 12.7 Å². The standard InChI is InChI=1S/C14H22O5/c1-10(8-16-2)19-9-13(15)12-7-11(17-3)5-6-14(12)18-4/h5-7,10,13,15H,8-9H2,1-4H3. The fourth-order valence-corrected chi connectivity index (χ4v) is 1.73. The first kappa shape index (κ1) is 15.8. The number of methoxy groups -OCH3 is 3. The second-order valence-electron chi connectivity index (χ2n) is 4.22. The number of aliphatic hydroxyl groups excluding tert-OH is 1. The molecule has 0 heterocycles. The molecular weight excluding hydrogens is 248 g/mol. The number of ether oxygens (including phenoxy) is 4. The molecule has 0 aliphatic carbocycles. The number of aliphatic hydroxyl groups is 1. The maximum Gasteiger partial charge on any atom is 0.125 e. The summed E-state index contributed by atoms with van der Waals surface area (Å²) >= 11 is 0. The van der Waals surface area contributed by atoms with Crippen molar-refractivity contribution in [1.29, 1.82) is 0 Å². The van der Waals surface area contributed by atoms with E-state index < -0.39 is 6.10 Å². The maximum absolute atomic E-state index is 10.2. The number of rotatable bonds is 8. The Morgan fingerprint density at radius 2 is 1.84 bits per heavy atom. The predicted molar refractivity (Wildman–Crippen MR) is 71.8 cm³/mol. The van der Waals surface area contributed by atoms with Crippen LogP contribution in [0.2, 0.25) is 0 Å². The van der Waals surface area contributed by atoms with Crippen LogP contribution in [-0.4, -0.2) is 45.8 Å². The van der Waals surface area contributed by atoms with Crippen LogP contribution >= 0.6 is 0 Å².